The van der Waals surface area contributed by atoms with E-state index in [1.165, 1.54) is 6.42 Å². The minimum Gasteiger partial charge on any atom is -0.395 e. The van der Waals surface area contributed by atoms with Gasteiger partial charge in [0.05, 0.1) is 24.3 Å². The van der Waals surface area contributed by atoms with E-state index in [1.54, 1.807) is 7.11 Å². The molecule has 1 fully saturated rings. The largest absolute Gasteiger partial charge is 0.395 e. The van der Waals surface area contributed by atoms with E-state index in [9.17, 15) is 9.90 Å². The topological polar surface area (TPSA) is 80.5 Å². The van der Waals surface area contributed by atoms with Crippen molar-refractivity contribution in [2.75, 3.05) is 25.2 Å². The third kappa shape index (κ3) is 7.17. The minimum atomic E-state index is -0.170. The Bertz CT molecular complexity index is 1160. The van der Waals surface area contributed by atoms with Crippen LogP contribution in [0.3, 0.4) is 0 Å². The Hall–Kier alpha value is -3.29. The van der Waals surface area contributed by atoms with Crippen LogP contribution in [-0.2, 0) is 16.1 Å². The molecule has 0 spiro atoms. The first-order valence-corrected chi connectivity index (χ1v) is 13.8. The number of aromatic nitrogens is 3. The zero-order chi connectivity index (χ0) is 26.7. The van der Waals surface area contributed by atoms with Crippen molar-refractivity contribution >= 4 is 11.6 Å². The van der Waals surface area contributed by atoms with Crippen LogP contribution in [0, 0.1) is 5.92 Å². The summed E-state index contributed by atoms with van der Waals surface area (Å²) in [6.45, 7) is 3.65. The smallest absolute Gasteiger partial charge is 0.226 e. The molecular formula is C31H40N4O3. The summed E-state index contributed by atoms with van der Waals surface area (Å²) in [6.07, 6.45) is 12.0. The number of aryl methyl sites for hydroxylation is 1. The number of aliphatic hydroxyl groups excluding tert-OH is 1. The number of hydrogen-bond donors (Lipinski definition) is 1. The van der Waals surface area contributed by atoms with Gasteiger partial charge in [-0.05, 0) is 42.5 Å². The number of anilines is 1. The van der Waals surface area contributed by atoms with Gasteiger partial charge < -0.3 is 14.7 Å². The van der Waals surface area contributed by atoms with Gasteiger partial charge in [-0.2, -0.15) is 0 Å². The van der Waals surface area contributed by atoms with Gasteiger partial charge in [0.1, 0.15) is 0 Å². The highest BCUT2D eigenvalue weighted by atomic mass is 16.5. The van der Waals surface area contributed by atoms with Crippen molar-refractivity contribution in [3.63, 3.8) is 0 Å². The second kappa shape index (κ2) is 14.0. The molecule has 7 heteroatoms. The van der Waals surface area contributed by atoms with Crippen LogP contribution in [-0.4, -0.2) is 46.3 Å². The number of allylic oxidation sites excluding steroid dienone is 1. The van der Waals surface area contributed by atoms with E-state index in [4.69, 9.17) is 4.74 Å². The average molecular weight is 517 g/mol. The Morgan fingerprint density at radius 1 is 1.03 bits per heavy atom. The molecule has 1 N–H and O–H groups in total. The molecule has 3 atom stereocenters. The van der Waals surface area contributed by atoms with Crippen LogP contribution in [0.4, 0.5) is 5.69 Å². The number of methoxy groups -OCH3 is 1. The van der Waals surface area contributed by atoms with Crippen LogP contribution in [0.2, 0.25) is 0 Å². The molecule has 7 nitrogen and oxygen atoms in total. The predicted molar refractivity (Wildman–Crippen MR) is 150 cm³/mol. The maximum atomic E-state index is 12.6. The van der Waals surface area contributed by atoms with E-state index < -0.39 is 0 Å². The van der Waals surface area contributed by atoms with Gasteiger partial charge in [-0.1, -0.05) is 79.6 Å². The second-order valence-corrected chi connectivity index (χ2v) is 10.1. The van der Waals surface area contributed by atoms with Crippen LogP contribution in [0.5, 0.6) is 0 Å². The van der Waals surface area contributed by atoms with E-state index in [2.05, 4.69) is 53.7 Å². The highest BCUT2D eigenvalue weighted by Gasteiger charge is 2.20. The highest BCUT2D eigenvalue weighted by molar-refractivity contribution is 5.93. The van der Waals surface area contributed by atoms with Gasteiger partial charge in [-0.15, -0.1) is 5.10 Å². The number of rotatable bonds is 11. The lowest BCUT2D eigenvalue weighted by Gasteiger charge is -2.26. The zero-order valence-corrected chi connectivity index (χ0v) is 22.6. The fourth-order valence-corrected chi connectivity index (χ4v) is 5.19. The van der Waals surface area contributed by atoms with Gasteiger partial charge >= 0.3 is 0 Å². The molecule has 2 aromatic carbocycles. The summed E-state index contributed by atoms with van der Waals surface area (Å²) in [4.78, 5) is 14.5. The third-order valence-corrected chi connectivity index (χ3v) is 7.35. The van der Waals surface area contributed by atoms with Crippen molar-refractivity contribution < 1.29 is 14.6 Å². The van der Waals surface area contributed by atoms with Crippen molar-refractivity contribution in [3.05, 3.63) is 89.8 Å². The van der Waals surface area contributed by atoms with E-state index in [0.29, 0.717) is 13.0 Å². The standard InChI is InChI=1S/C31H40N4O3/c1-24(12-9-11-20-34-22-29(32-33-34)28(23-36)25-13-6-5-7-14-25)31(38-2)26-16-18-27(19-17-26)35-21-10-4-3-8-15-30(35)37/h5-7,9,12-14,16-19,22,24,28,31,36H,3-4,8,10-11,15,20-21,23H2,1-2H3/b12-9+/t24-,28?,31+/m0/s1. The van der Waals surface area contributed by atoms with Crippen LogP contribution in [0.1, 0.15) is 74.3 Å². The maximum Gasteiger partial charge on any atom is 0.226 e. The molecule has 1 unspecified atom stereocenters. The summed E-state index contributed by atoms with van der Waals surface area (Å²) in [7, 11) is 1.74. The summed E-state index contributed by atoms with van der Waals surface area (Å²) in [5.41, 5.74) is 3.88. The van der Waals surface area contributed by atoms with Crippen molar-refractivity contribution in [1.29, 1.82) is 0 Å². The van der Waals surface area contributed by atoms with Crippen molar-refractivity contribution in [2.45, 2.75) is 64.0 Å². The number of amides is 1. The number of carbonyl (C=O) groups is 1. The lowest BCUT2D eigenvalue weighted by atomic mass is 9.96. The van der Waals surface area contributed by atoms with Crippen LogP contribution < -0.4 is 4.90 Å². The highest BCUT2D eigenvalue weighted by Crippen LogP contribution is 2.29. The van der Waals surface area contributed by atoms with E-state index in [0.717, 1.165) is 54.7 Å². The van der Waals surface area contributed by atoms with Gasteiger partial charge in [0.15, 0.2) is 0 Å². The molecular weight excluding hydrogens is 476 g/mol. The fraction of sp³-hybridized carbons (Fsp3) is 0.452. The molecule has 0 bridgehead atoms. The number of hydrogen-bond acceptors (Lipinski definition) is 5. The van der Waals surface area contributed by atoms with Crippen molar-refractivity contribution in [1.82, 2.24) is 15.0 Å². The first kappa shape index (κ1) is 27.7. The van der Waals surface area contributed by atoms with Gasteiger partial charge in [0.25, 0.3) is 0 Å². The monoisotopic (exact) mass is 516 g/mol. The molecule has 38 heavy (non-hydrogen) atoms. The Balaban J connectivity index is 1.32. The average Bonchev–Trinajstić information content (AvgIpc) is 3.39. The van der Waals surface area contributed by atoms with Crippen molar-refractivity contribution in [2.24, 2.45) is 5.92 Å². The normalized spacial score (nSPS) is 17.2. The van der Waals surface area contributed by atoms with Crippen molar-refractivity contribution in [3.8, 4) is 0 Å². The lowest BCUT2D eigenvalue weighted by Crippen LogP contribution is -2.32. The summed E-state index contributed by atoms with van der Waals surface area (Å²) in [6, 6.07) is 18.2. The van der Waals surface area contributed by atoms with Gasteiger partial charge in [0, 0.05) is 44.4 Å². The van der Waals surface area contributed by atoms with E-state index >= 15 is 0 Å². The number of benzene rings is 2. The Kier molecular flexibility index (Phi) is 10.2. The fourth-order valence-electron chi connectivity index (χ4n) is 5.19. The van der Waals surface area contributed by atoms with E-state index in [-0.39, 0.29) is 30.5 Å². The Morgan fingerprint density at radius 2 is 1.79 bits per heavy atom. The number of aliphatic hydroxyl groups is 1. The number of carbonyl (C=O) groups excluding carboxylic acids is 1. The molecule has 1 aromatic heterocycles. The first-order valence-electron chi connectivity index (χ1n) is 13.8. The number of ether oxygens (including phenoxy) is 1. The Labute approximate surface area is 226 Å². The summed E-state index contributed by atoms with van der Waals surface area (Å²) in [5, 5.41) is 18.4. The third-order valence-electron chi connectivity index (χ3n) is 7.35. The molecule has 3 aromatic rings. The molecule has 1 amide bonds. The SMILES string of the molecule is CO[C@@H](c1ccc(N2CCCCCCC2=O)cc1)[C@@H](C)/C=C/CCn1cc(C(CO)c2ccccc2)nn1. The molecule has 1 aliphatic heterocycles. The second-order valence-electron chi connectivity index (χ2n) is 10.1. The quantitative estimate of drug-likeness (QED) is 0.332. The lowest BCUT2D eigenvalue weighted by molar-refractivity contribution is -0.118. The molecule has 4 rings (SSSR count). The summed E-state index contributed by atoms with van der Waals surface area (Å²) in [5.74, 6) is 0.233. The zero-order valence-electron chi connectivity index (χ0n) is 22.6. The molecule has 0 radical (unpaired) electrons. The van der Waals surface area contributed by atoms with Crippen LogP contribution in [0.25, 0.3) is 0 Å². The maximum absolute atomic E-state index is 12.6. The molecule has 0 aliphatic carbocycles. The molecule has 0 saturated carbocycles. The van der Waals surface area contributed by atoms with Gasteiger partial charge in [-0.3, -0.25) is 9.48 Å². The Morgan fingerprint density at radius 3 is 2.53 bits per heavy atom. The first-order chi connectivity index (χ1) is 18.6. The van der Waals surface area contributed by atoms with Gasteiger partial charge in [0.2, 0.25) is 5.91 Å². The van der Waals surface area contributed by atoms with Crippen LogP contribution >= 0.6 is 0 Å². The summed E-state index contributed by atoms with van der Waals surface area (Å²) < 4.78 is 7.69. The molecule has 2 heterocycles. The van der Waals surface area contributed by atoms with Crippen LogP contribution in [0.15, 0.2) is 72.9 Å². The molecule has 1 saturated heterocycles. The predicted octanol–water partition coefficient (Wildman–Crippen LogP) is 5.67. The molecule has 202 valence electrons. The molecule has 1 aliphatic rings. The summed E-state index contributed by atoms with van der Waals surface area (Å²) >= 11 is 0. The van der Waals surface area contributed by atoms with E-state index in [1.807, 2.05) is 46.1 Å². The minimum absolute atomic E-state index is 0.00610. The van der Waals surface area contributed by atoms with Gasteiger partial charge in [-0.25, -0.2) is 0 Å². The number of nitrogens with zero attached hydrogens (tertiary/aromatic N) is 4.